The molecule has 0 saturated carbocycles. The van der Waals surface area contributed by atoms with Gasteiger partial charge in [-0.15, -0.1) is 0 Å². The topological polar surface area (TPSA) is 16.1 Å². The molecular weight excluding hydrogens is 186 g/mol. The Labute approximate surface area is 89.8 Å². The first-order valence-electron chi connectivity index (χ1n) is 5.09. The Hall–Kier alpha value is -1.57. The van der Waals surface area contributed by atoms with Crippen molar-refractivity contribution in [2.75, 3.05) is 14.1 Å². The van der Waals surface area contributed by atoms with E-state index in [1.54, 1.807) is 0 Å². The standard InChI is InChI=1S/C13H16NO/c1-9-7-10(2)15-13-8-11(14(3)4)5-6-12(9)13/h5-8H,1-4H3/q+1. The minimum absolute atomic E-state index is 0.955. The molecule has 78 valence electrons. The van der Waals surface area contributed by atoms with Crippen LogP contribution in [0, 0.1) is 13.8 Å². The summed E-state index contributed by atoms with van der Waals surface area (Å²) in [7, 11) is 4.06. The lowest BCUT2D eigenvalue weighted by molar-refractivity contribution is 0.528. The number of hydrogen-bond donors (Lipinski definition) is 0. The second kappa shape index (κ2) is 3.54. The highest BCUT2D eigenvalue weighted by Crippen LogP contribution is 2.24. The van der Waals surface area contributed by atoms with Crippen molar-refractivity contribution in [3.63, 3.8) is 0 Å². The fourth-order valence-corrected chi connectivity index (χ4v) is 1.78. The van der Waals surface area contributed by atoms with Gasteiger partial charge < -0.3 is 4.42 Å². The molecule has 2 nitrogen and oxygen atoms in total. The lowest BCUT2D eigenvalue weighted by Crippen LogP contribution is -2.21. The minimum atomic E-state index is 0.955. The van der Waals surface area contributed by atoms with Crippen LogP contribution >= 0.6 is 0 Å². The molecule has 0 aromatic heterocycles. The van der Waals surface area contributed by atoms with Crippen LogP contribution in [0.15, 0.2) is 28.7 Å². The van der Waals surface area contributed by atoms with Gasteiger partial charge in [0.25, 0.3) is 0 Å². The van der Waals surface area contributed by atoms with Crippen molar-refractivity contribution in [1.82, 2.24) is 4.58 Å². The molecule has 0 saturated heterocycles. The summed E-state index contributed by atoms with van der Waals surface area (Å²) < 4.78 is 7.78. The van der Waals surface area contributed by atoms with Crippen molar-refractivity contribution in [2.45, 2.75) is 13.8 Å². The van der Waals surface area contributed by atoms with Gasteiger partial charge in [0.15, 0.2) is 0 Å². The molecule has 0 spiro atoms. The second-order valence-corrected chi connectivity index (χ2v) is 4.11. The fourth-order valence-electron chi connectivity index (χ4n) is 1.78. The second-order valence-electron chi connectivity index (χ2n) is 4.11. The van der Waals surface area contributed by atoms with Gasteiger partial charge in [0.2, 0.25) is 5.36 Å². The summed E-state index contributed by atoms with van der Waals surface area (Å²) in [5, 5.41) is 1.16. The van der Waals surface area contributed by atoms with Crippen molar-refractivity contribution >= 4 is 0 Å². The van der Waals surface area contributed by atoms with Gasteiger partial charge in [-0.3, -0.25) is 0 Å². The van der Waals surface area contributed by atoms with E-state index in [-0.39, 0.29) is 0 Å². The number of benzene rings is 1. The molecule has 0 N–H and O–H groups in total. The highest BCUT2D eigenvalue weighted by molar-refractivity contribution is 5.62. The van der Waals surface area contributed by atoms with Crippen LogP contribution in [0.3, 0.4) is 0 Å². The zero-order valence-electron chi connectivity index (χ0n) is 9.66. The van der Waals surface area contributed by atoms with Crippen LogP contribution < -0.4 is 9.93 Å². The van der Waals surface area contributed by atoms with Gasteiger partial charge in [0, 0.05) is 11.6 Å². The maximum atomic E-state index is 5.71. The van der Waals surface area contributed by atoms with E-state index in [1.807, 2.05) is 21.0 Å². The lowest BCUT2D eigenvalue weighted by atomic mass is 10.1. The Bertz CT molecular complexity index is 533. The van der Waals surface area contributed by atoms with Crippen LogP contribution in [0.4, 0.5) is 0 Å². The highest BCUT2D eigenvalue weighted by Gasteiger charge is 2.09. The number of nitrogens with zero attached hydrogens (tertiary/aromatic N) is 1. The molecule has 0 amide bonds. The summed E-state index contributed by atoms with van der Waals surface area (Å²) in [6, 6.07) is 8.37. The smallest absolute Gasteiger partial charge is 0.203 e. The van der Waals surface area contributed by atoms with Crippen LogP contribution in [0.2, 0.25) is 0 Å². The summed E-state index contributed by atoms with van der Waals surface area (Å²) >= 11 is 0. The first-order chi connectivity index (χ1) is 7.08. The minimum Gasteiger partial charge on any atom is -0.461 e. The van der Waals surface area contributed by atoms with Gasteiger partial charge in [-0.1, -0.05) is 0 Å². The third-order valence-electron chi connectivity index (χ3n) is 2.60. The Kier molecular flexibility index (Phi) is 2.35. The quantitative estimate of drug-likeness (QED) is 0.597. The number of hydrogen-bond acceptors (Lipinski definition) is 1. The third kappa shape index (κ3) is 1.80. The normalized spacial score (nSPS) is 10.7. The van der Waals surface area contributed by atoms with E-state index in [0.29, 0.717) is 0 Å². The largest absolute Gasteiger partial charge is 0.461 e. The molecule has 0 atom stereocenters. The SMILES string of the molecule is Cc1cc(C)c2ccc(=[N+](C)C)cc-2o1. The molecular formula is C13H16NO+. The summed E-state index contributed by atoms with van der Waals surface area (Å²) in [6.45, 7) is 4.09. The van der Waals surface area contributed by atoms with Gasteiger partial charge in [-0.25, -0.2) is 4.58 Å². The Morgan fingerprint density at radius 2 is 1.80 bits per heavy atom. The van der Waals surface area contributed by atoms with Gasteiger partial charge in [-0.05, 0) is 31.5 Å². The van der Waals surface area contributed by atoms with Gasteiger partial charge in [0.1, 0.15) is 25.6 Å². The van der Waals surface area contributed by atoms with Crippen molar-refractivity contribution in [1.29, 1.82) is 0 Å². The monoisotopic (exact) mass is 202 g/mol. The highest BCUT2D eigenvalue weighted by atomic mass is 16.3. The Morgan fingerprint density at radius 3 is 2.47 bits per heavy atom. The number of aryl methyl sites for hydroxylation is 2. The zero-order valence-corrected chi connectivity index (χ0v) is 9.66. The van der Waals surface area contributed by atoms with Crippen LogP contribution in [-0.4, -0.2) is 14.1 Å². The van der Waals surface area contributed by atoms with Crippen molar-refractivity contribution in [2.24, 2.45) is 0 Å². The maximum Gasteiger partial charge on any atom is 0.203 e. The molecule has 0 unspecified atom stereocenters. The van der Waals surface area contributed by atoms with Gasteiger partial charge in [0.05, 0.1) is 6.07 Å². The van der Waals surface area contributed by atoms with E-state index >= 15 is 0 Å². The molecule has 1 aliphatic heterocycles. The molecule has 15 heavy (non-hydrogen) atoms. The van der Waals surface area contributed by atoms with E-state index in [9.17, 15) is 0 Å². The summed E-state index contributed by atoms with van der Waals surface area (Å²) in [5.41, 5.74) is 2.45. The Balaban J connectivity index is 2.84. The molecule has 0 bridgehead atoms. The van der Waals surface area contributed by atoms with Crippen molar-refractivity contribution in [3.8, 4) is 11.3 Å². The van der Waals surface area contributed by atoms with E-state index in [1.165, 1.54) is 11.1 Å². The first kappa shape index (κ1) is 9.97. The summed E-state index contributed by atoms with van der Waals surface area (Å²) in [5.74, 6) is 1.91. The molecule has 0 aromatic carbocycles. The molecule has 1 heterocycles. The molecule has 2 heteroatoms. The molecule has 0 fully saturated rings. The van der Waals surface area contributed by atoms with Crippen LogP contribution in [0.25, 0.3) is 11.3 Å². The Morgan fingerprint density at radius 1 is 1.07 bits per heavy atom. The molecule has 2 aliphatic rings. The molecule has 0 radical (unpaired) electrons. The van der Waals surface area contributed by atoms with Crippen molar-refractivity contribution in [3.05, 3.63) is 40.9 Å². The van der Waals surface area contributed by atoms with E-state index < -0.39 is 0 Å². The van der Waals surface area contributed by atoms with Gasteiger partial charge >= 0.3 is 0 Å². The van der Waals surface area contributed by atoms with Crippen LogP contribution in [-0.2, 0) is 0 Å². The van der Waals surface area contributed by atoms with E-state index in [4.69, 9.17) is 4.42 Å². The van der Waals surface area contributed by atoms with Crippen molar-refractivity contribution < 1.29 is 4.42 Å². The molecule has 2 rings (SSSR count). The van der Waals surface area contributed by atoms with Crippen LogP contribution in [0.1, 0.15) is 11.3 Å². The zero-order chi connectivity index (χ0) is 11.0. The summed E-state index contributed by atoms with van der Waals surface area (Å²) in [4.78, 5) is 0. The first-order valence-corrected chi connectivity index (χ1v) is 5.09. The van der Waals surface area contributed by atoms with E-state index in [2.05, 4.69) is 35.8 Å². The van der Waals surface area contributed by atoms with Gasteiger partial charge in [-0.2, -0.15) is 0 Å². The fraction of sp³-hybridized carbons (Fsp3) is 0.308. The maximum absolute atomic E-state index is 5.71. The third-order valence-corrected chi connectivity index (χ3v) is 2.60. The van der Waals surface area contributed by atoms with Crippen LogP contribution in [0.5, 0.6) is 0 Å². The average Bonchev–Trinajstić information content (AvgIpc) is 2.16. The predicted octanol–water partition coefficient (Wildman–Crippen LogP) is 2.03. The molecule has 0 aromatic rings. The number of rotatable bonds is 0. The van der Waals surface area contributed by atoms with E-state index in [0.717, 1.165) is 16.9 Å². The predicted molar refractivity (Wildman–Crippen MR) is 61.9 cm³/mol. The average molecular weight is 202 g/mol. The summed E-state index contributed by atoms with van der Waals surface area (Å²) in [6.07, 6.45) is 0. The lowest BCUT2D eigenvalue weighted by Gasteiger charge is -2.08. The molecule has 1 aliphatic carbocycles. The number of fused-ring (bicyclic) bond motifs is 1.